The molecule has 224 valence electrons. The Morgan fingerprint density at radius 1 is 0.800 bits per heavy atom. The van der Waals surface area contributed by atoms with Crippen LogP contribution < -0.4 is 0 Å². The number of ether oxygens (including phenoxy) is 1. The van der Waals surface area contributed by atoms with E-state index < -0.39 is 32.8 Å². The lowest BCUT2D eigenvalue weighted by molar-refractivity contribution is -0.0166. The second-order valence-corrected chi connectivity index (χ2v) is 35.6. The van der Waals surface area contributed by atoms with Gasteiger partial charge in [-0.15, -0.1) is 11.1 Å². The van der Waals surface area contributed by atoms with Gasteiger partial charge in [-0.1, -0.05) is 98.7 Å². The van der Waals surface area contributed by atoms with E-state index in [0.717, 1.165) is 23.4 Å². The average molecular weight is 616 g/mol. The van der Waals surface area contributed by atoms with Crippen LogP contribution in [0, 0.1) is 22.9 Å². The second kappa shape index (κ2) is 12.3. The van der Waals surface area contributed by atoms with Crippen molar-refractivity contribution in [2.24, 2.45) is 0 Å². The average Bonchev–Trinajstić information content (AvgIpc) is 3.14. The zero-order valence-corrected chi connectivity index (χ0v) is 32.5. The first-order valence-corrected chi connectivity index (χ1v) is 27.7. The molecule has 8 heteroatoms. The zero-order chi connectivity index (χ0) is 30.9. The molecule has 2 heterocycles. The van der Waals surface area contributed by atoms with Gasteiger partial charge >= 0.3 is 0 Å². The zero-order valence-electron chi connectivity index (χ0n) is 28.5. The number of hydrogen-bond acceptors (Lipinski definition) is 4. The molecule has 0 spiro atoms. The van der Waals surface area contributed by atoms with Crippen LogP contribution in [0.1, 0.15) is 71.0 Å². The van der Waals surface area contributed by atoms with Crippen LogP contribution in [0.2, 0.25) is 75.5 Å². The lowest BCUT2D eigenvalue weighted by atomic mass is 10.0. The minimum atomic E-state index is -2.02. The molecule has 0 saturated carbocycles. The second-order valence-electron chi connectivity index (χ2n) is 16.5. The number of nitrogens with zero attached hydrogens (tertiary/aromatic N) is 1. The van der Waals surface area contributed by atoms with E-state index in [1.54, 1.807) is 0 Å². The Balaban J connectivity index is 2.51. The van der Waals surface area contributed by atoms with Crippen molar-refractivity contribution in [1.82, 2.24) is 4.98 Å². The fraction of sp³-hybridized carbons (Fsp3) is 0.719. The fourth-order valence-electron chi connectivity index (χ4n) is 3.65. The van der Waals surface area contributed by atoms with Gasteiger partial charge in [0.1, 0.15) is 33.6 Å². The van der Waals surface area contributed by atoms with Gasteiger partial charge in [-0.25, -0.2) is 4.98 Å². The fourth-order valence-corrected chi connectivity index (χ4v) is 7.02. The van der Waals surface area contributed by atoms with Crippen molar-refractivity contribution in [2.45, 2.75) is 142 Å². The molecule has 0 amide bonds. The molecule has 1 fully saturated rings. The maximum atomic E-state index is 7.01. The molecule has 1 aliphatic rings. The molecule has 0 bridgehead atoms. The van der Waals surface area contributed by atoms with E-state index >= 15 is 0 Å². The number of hydrogen-bond donors (Lipinski definition) is 0. The molecule has 3 atom stereocenters. The van der Waals surface area contributed by atoms with Gasteiger partial charge in [0.15, 0.2) is 16.6 Å². The highest BCUT2D eigenvalue weighted by molar-refractivity contribution is 6.84. The molecular formula is C32H57NO3Si4. The molecule has 40 heavy (non-hydrogen) atoms. The standard InChI is InChI=1S/C32H57NO3Si4/c1-31(2,3)39(13,14)34-24-30-29(36-40(15,16)32(4,5)6)23-28(35-30)26-18-17-25(19-21-37(7,8)9)33-27(26)20-22-38(10,11)12/h17-18,28-30H,23-24H2,1-16H3/t28-,29+,30-/m1/s1. The summed E-state index contributed by atoms with van der Waals surface area (Å²) in [5.74, 6) is 6.78. The third-order valence-electron chi connectivity index (χ3n) is 8.26. The van der Waals surface area contributed by atoms with Gasteiger partial charge in [0.25, 0.3) is 0 Å². The number of aromatic nitrogens is 1. The monoisotopic (exact) mass is 615 g/mol. The van der Waals surface area contributed by atoms with Crippen LogP contribution in [0.5, 0.6) is 0 Å². The van der Waals surface area contributed by atoms with Crippen molar-refractivity contribution in [3.63, 3.8) is 0 Å². The van der Waals surface area contributed by atoms with Crippen LogP contribution in [0.3, 0.4) is 0 Å². The molecule has 0 aromatic carbocycles. The third-order valence-corrected chi connectivity index (χ3v) is 19.0. The van der Waals surface area contributed by atoms with E-state index in [0.29, 0.717) is 6.61 Å². The predicted molar refractivity (Wildman–Crippen MR) is 182 cm³/mol. The smallest absolute Gasteiger partial charge is 0.192 e. The van der Waals surface area contributed by atoms with Gasteiger partial charge in [0, 0.05) is 12.0 Å². The minimum Gasteiger partial charge on any atom is -0.414 e. The molecule has 0 unspecified atom stereocenters. The van der Waals surface area contributed by atoms with Crippen molar-refractivity contribution in [2.75, 3.05) is 6.61 Å². The maximum Gasteiger partial charge on any atom is 0.192 e. The Kier molecular flexibility index (Phi) is 10.8. The molecule has 2 rings (SSSR count). The van der Waals surface area contributed by atoms with Gasteiger partial charge in [0.05, 0.1) is 18.8 Å². The van der Waals surface area contributed by atoms with E-state index in [4.69, 9.17) is 18.6 Å². The van der Waals surface area contributed by atoms with Gasteiger partial charge in [-0.05, 0) is 42.3 Å². The summed E-state index contributed by atoms with van der Waals surface area (Å²) in [5, 5.41) is 0.249. The van der Waals surface area contributed by atoms with E-state index in [9.17, 15) is 0 Å². The highest BCUT2D eigenvalue weighted by Crippen LogP contribution is 2.44. The Morgan fingerprint density at radius 2 is 1.32 bits per heavy atom. The summed E-state index contributed by atoms with van der Waals surface area (Å²) in [7, 11) is -7.09. The summed E-state index contributed by atoms with van der Waals surface area (Å²) in [4.78, 5) is 4.97. The summed E-state index contributed by atoms with van der Waals surface area (Å²) in [6, 6.07) is 4.18. The Hall–Kier alpha value is -0.982. The normalized spacial score (nSPS) is 20.9. The predicted octanol–water partition coefficient (Wildman–Crippen LogP) is 8.78. The van der Waals surface area contributed by atoms with Crippen LogP contribution in [0.25, 0.3) is 0 Å². The highest BCUT2D eigenvalue weighted by atomic mass is 28.4. The quantitative estimate of drug-likeness (QED) is 0.237. The van der Waals surface area contributed by atoms with Gasteiger partial charge < -0.3 is 13.6 Å². The first-order chi connectivity index (χ1) is 17.8. The minimum absolute atomic E-state index is 0.0279. The van der Waals surface area contributed by atoms with E-state index in [1.807, 2.05) is 6.07 Å². The van der Waals surface area contributed by atoms with Crippen molar-refractivity contribution < 1.29 is 13.6 Å². The topological polar surface area (TPSA) is 40.6 Å². The molecule has 1 aromatic rings. The van der Waals surface area contributed by atoms with Crippen molar-refractivity contribution in [1.29, 1.82) is 0 Å². The van der Waals surface area contributed by atoms with Gasteiger partial charge in [-0.2, -0.15) is 0 Å². The van der Waals surface area contributed by atoms with E-state index in [1.165, 1.54) is 0 Å². The van der Waals surface area contributed by atoms with Crippen LogP contribution in [-0.4, -0.2) is 56.6 Å². The lowest BCUT2D eigenvalue weighted by Gasteiger charge is -2.40. The SMILES string of the molecule is CC(C)(C)[Si](C)(C)OC[C@H]1O[C@@H](c2ccc(C#C[Si](C)(C)C)nc2C#C[Si](C)(C)C)C[C@@H]1O[Si](C)(C)C(C)(C)C. The lowest BCUT2D eigenvalue weighted by Crippen LogP contribution is -2.48. The van der Waals surface area contributed by atoms with Crippen LogP contribution >= 0.6 is 0 Å². The number of pyridine rings is 1. The van der Waals surface area contributed by atoms with E-state index in [2.05, 4.69) is 136 Å². The first kappa shape index (κ1) is 35.2. The summed E-state index contributed by atoms with van der Waals surface area (Å²) in [5.41, 5.74) is 9.61. The van der Waals surface area contributed by atoms with Crippen LogP contribution in [0.15, 0.2) is 12.1 Å². The molecule has 0 radical (unpaired) electrons. The maximum absolute atomic E-state index is 7.01. The summed E-state index contributed by atoms with van der Waals surface area (Å²) in [6.45, 7) is 37.1. The Morgan fingerprint density at radius 3 is 1.82 bits per heavy atom. The Bertz CT molecular complexity index is 1160. The summed E-state index contributed by atoms with van der Waals surface area (Å²) < 4.78 is 20.5. The van der Waals surface area contributed by atoms with Crippen molar-refractivity contribution in [3.8, 4) is 22.9 Å². The largest absolute Gasteiger partial charge is 0.414 e. The highest BCUT2D eigenvalue weighted by Gasteiger charge is 2.46. The molecule has 0 aliphatic carbocycles. The number of rotatable bonds is 6. The van der Waals surface area contributed by atoms with Crippen molar-refractivity contribution in [3.05, 3.63) is 29.1 Å². The van der Waals surface area contributed by atoms with Gasteiger partial charge in [0.2, 0.25) is 0 Å². The molecular weight excluding hydrogens is 559 g/mol. The first-order valence-electron chi connectivity index (χ1n) is 14.9. The van der Waals surface area contributed by atoms with Crippen molar-refractivity contribution >= 4 is 32.8 Å². The summed E-state index contributed by atoms with van der Waals surface area (Å²) in [6.07, 6.45) is 0.485. The third kappa shape index (κ3) is 10.1. The van der Waals surface area contributed by atoms with Gasteiger partial charge in [-0.3, -0.25) is 0 Å². The molecule has 1 aromatic heterocycles. The summed E-state index contributed by atoms with van der Waals surface area (Å²) >= 11 is 0. The molecule has 1 aliphatic heterocycles. The molecule has 4 nitrogen and oxygen atoms in total. The van der Waals surface area contributed by atoms with Crippen LogP contribution in [0.4, 0.5) is 0 Å². The molecule has 0 N–H and O–H groups in total. The molecule has 1 saturated heterocycles. The van der Waals surface area contributed by atoms with E-state index in [-0.39, 0.29) is 28.4 Å². The Labute approximate surface area is 251 Å². The van der Waals surface area contributed by atoms with Crippen LogP contribution in [-0.2, 0) is 13.6 Å².